The highest BCUT2D eigenvalue weighted by Crippen LogP contribution is 2.28. The molecule has 0 radical (unpaired) electrons. The van der Waals surface area contributed by atoms with Crippen molar-refractivity contribution in [2.75, 3.05) is 18.0 Å². The number of aromatic nitrogens is 3. The summed E-state index contributed by atoms with van der Waals surface area (Å²) >= 11 is 0. The lowest BCUT2D eigenvalue weighted by Crippen LogP contribution is -2.35. The average molecular weight is 254 g/mol. The Morgan fingerprint density at radius 2 is 1.95 bits per heavy atom. The summed E-state index contributed by atoms with van der Waals surface area (Å²) in [4.78, 5) is 6.43. The van der Waals surface area contributed by atoms with Crippen LogP contribution in [0.25, 0.3) is 0 Å². The fourth-order valence-electron chi connectivity index (χ4n) is 2.65. The number of pyridine rings is 1. The molecule has 98 valence electrons. The zero-order valence-electron chi connectivity index (χ0n) is 11.2. The van der Waals surface area contributed by atoms with E-state index in [1.165, 1.54) is 18.4 Å². The van der Waals surface area contributed by atoms with Gasteiger partial charge in [0.1, 0.15) is 0 Å². The van der Waals surface area contributed by atoms with Crippen LogP contribution < -0.4 is 4.90 Å². The monoisotopic (exact) mass is 254 g/mol. The summed E-state index contributed by atoms with van der Waals surface area (Å²) in [6, 6.07) is 8.33. The van der Waals surface area contributed by atoms with Crippen LogP contribution in [0.15, 0.2) is 36.7 Å². The molecule has 0 spiro atoms. The Hall–Kier alpha value is -1.97. The van der Waals surface area contributed by atoms with Crippen LogP contribution in [0.2, 0.25) is 0 Å². The highest BCUT2D eigenvalue weighted by atomic mass is 15.3. The van der Waals surface area contributed by atoms with E-state index in [-0.39, 0.29) is 0 Å². The molecule has 4 heteroatoms. The van der Waals surface area contributed by atoms with Crippen molar-refractivity contribution in [1.29, 1.82) is 0 Å². The zero-order chi connectivity index (χ0) is 13.1. The molecule has 1 aliphatic rings. The number of nitrogens with zero attached hydrogens (tertiary/aromatic N) is 4. The largest absolute Gasteiger partial charge is 0.355 e. The van der Waals surface area contributed by atoms with Crippen LogP contribution in [-0.4, -0.2) is 28.3 Å². The van der Waals surface area contributed by atoms with Crippen molar-refractivity contribution in [3.63, 3.8) is 0 Å². The number of rotatable bonds is 2. The van der Waals surface area contributed by atoms with Gasteiger partial charge in [0, 0.05) is 31.4 Å². The van der Waals surface area contributed by atoms with Gasteiger partial charge in [-0.15, -0.1) is 5.10 Å². The van der Waals surface area contributed by atoms with Gasteiger partial charge in [-0.2, -0.15) is 5.10 Å². The lowest BCUT2D eigenvalue weighted by atomic mass is 9.91. The molecule has 3 rings (SSSR count). The first-order valence-corrected chi connectivity index (χ1v) is 6.78. The number of hydrogen-bond donors (Lipinski definition) is 0. The Kier molecular flexibility index (Phi) is 3.40. The van der Waals surface area contributed by atoms with Crippen LogP contribution in [0.5, 0.6) is 0 Å². The van der Waals surface area contributed by atoms with E-state index >= 15 is 0 Å². The van der Waals surface area contributed by atoms with E-state index in [1.54, 1.807) is 0 Å². The lowest BCUT2D eigenvalue weighted by molar-refractivity contribution is 0.505. The second kappa shape index (κ2) is 5.34. The molecule has 1 fully saturated rings. The summed E-state index contributed by atoms with van der Waals surface area (Å²) < 4.78 is 0. The minimum Gasteiger partial charge on any atom is -0.355 e. The van der Waals surface area contributed by atoms with Gasteiger partial charge in [-0.3, -0.25) is 4.98 Å². The van der Waals surface area contributed by atoms with Gasteiger partial charge in [0.15, 0.2) is 5.82 Å². The predicted octanol–water partition coefficient (Wildman–Crippen LogP) is 2.56. The Balaban J connectivity index is 1.76. The molecule has 0 unspecified atom stereocenters. The number of piperidine rings is 1. The Morgan fingerprint density at radius 1 is 1.11 bits per heavy atom. The molecule has 0 N–H and O–H groups in total. The Morgan fingerprint density at radius 3 is 2.68 bits per heavy atom. The smallest absolute Gasteiger partial charge is 0.151 e. The second-order valence-electron chi connectivity index (χ2n) is 5.10. The van der Waals surface area contributed by atoms with Crippen LogP contribution in [-0.2, 0) is 0 Å². The molecule has 0 aromatic carbocycles. The van der Waals surface area contributed by atoms with Crippen LogP contribution in [0.4, 0.5) is 5.82 Å². The highest BCUT2D eigenvalue weighted by Gasteiger charge is 2.22. The van der Waals surface area contributed by atoms with E-state index in [0.717, 1.165) is 24.6 Å². The van der Waals surface area contributed by atoms with Gasteiger partial charge in [0.25, 0.3) is 0 Å². The maximum Gasteiger partial charge on any atom is 0.151 e. The van der Waals surface area contributed by atoms with Crippen molar-refractivity contribution in [3.05, 3.63) is 47.9 Å². The molecule has 4 nitrogen and oxygen atoms in total. The third-order valence-corrected chi connectivity index (χ3v) is 3.71. The maximum absolute atomic E-state index is 4.29. The van der Waals surface area contributed by atoms with Crippen LogP contribution in [0.3, 0.4) is 0 Å². The first-order chi connectivity index (χ1) is 9.33. The minimum absolute atomic E-state index is 0.569. The number of hydrogen-bond acceptors (Lipinski definition) is 4. The molecular weight excluding hydrogens is 236 g/mol. The van der Waals surface area contributed by atoms with E-state index in [4.69, 9.17) is 0 Å². The summed E-state index contributed by atoms with van der Waals surface area (Å²) in [7, 11) is 0. The quantitative estimate of drug-likeness (QED) is 0.826. The molecule has 2 aromatic rings. The molecule has 19 heavy (non-hydrogen) atoms. The Labute approximate surface area is 113 Å². The molecule has 1 atom stereocenters. The van der Waals surface area contributed by atoms with Gasteiger partial charge < -0.3 is 4.90 Å². The van der Waals surface area contributed by atoms with Crippen molar-refractivity contribution in [2.24, 2.45) is 0 Å². The maximum atomic E-state index is 4.29. The van der Waals surface area contributed by atoms with Gasteiger partial charge in [-0.1, -0.05) is 0 Å². The summed E-state index contributed by atoms with van der Waals surface area (Å²) in [6.07, 6.45) is 6.18. The second-order valence-corrected chi connectivity index (χ2v) is 5.10. The van der Waals surface area contributed by atoms with Crippen molar-refractivity contribution >= 4 is 5.82 Å². The SMILES string of the molecule is Cc1ccc(N2CCC[C@H](c3ccncc3)C2)nn1. The molecule has 0 saturated carbocycles. The van der Waals surface area contributed by atoms with Crippen LogP contribution >= 0.6 is 0 Å². The number of aryl methyl sites for hydroxylation is 1. The molecule has 1 saturated heterocycles. The third-order valence-electron chi connectivity index (χ3n) is 3.71. The van der Waals surface area contributed by atoms with Gasteiger partial charge in [-0.25, -0.2) is 0 Å². The normalized spacial score (nSPS) is 19.4. The van der Waals surface area contributed by atoms with E-state index in [9.17, 15) is 0 Å². The van der Waals surface area contributed by atoms with Crippen molar-refractivity contribution in [3.8, 4) is 0 Å². The first-order valence-electron chi connectivity index (χ1n) is 6.78. The highest BCUT2D eigenvalue weighted by molar-refractivity contribution is 5.39. The summed E-state index contributed by atoms with van der Waals surface area (Å²) in [5.74, 6) is 1.56. The van der Waals surface area contributed by atoms with Gasteiger partial charge >= 0.3 is 0 Å². The predicted molar refractivity (Wildman–Crippen MR) is 75.2 cm³/mol. The molecule has 1 aliphatic heterocycles. The fourth-order valence-corrected chi connectivity index (χ4v) is 2.65. The zero-order valence-corrected chi connectivity index (χ0v) is 11.2. The Bertz CT molecular complexity index is 524. The summed E-state index contributed by atoms with van der Waals surface area (Å²) in [6.45, 7) is 4.05. The van der Waals surface area contributed by atoms with Crippen molar-refractivity contribution in [2.45, 2.75) is 25.7 Å². The molecule has 0 bridgehead atoms. The van der Waals surface area contributed by atoms with E-state index in [0.29, 0.717) is 5.92 Å². The average Bonchev–Trinajstić information content (AvgIpc) is 2.49. The molecule has 2 aromatic heterocycles. The minimum atomic E-state index is 0.569. The van der Waals surface area contributed by atoms with E-state index in [2.05, 4.69) is 38.3 Å². The molecule has 3 heterocycles. The molecule has 0 amide bonds. The van der Waals surface area contributed by atoms with Crippen LogP contribution in [0.1, 0.15) is 30.0 Å². The standard InChI is InChI=1S/C15H18N4/c1-12-4-5-15(18-17-12)19-10-2-3-14(11-19)13-6-8-16-9-7-13/h4-9,14H,2-3,10-11H2,1H3/t14-/m0/s1. The first kappa shape index (κ1) is 12.1. The van der Waals surface area contributed by atoms with Gasteiger partial charge in [0.2, 0.25) is 0 Å². The fraction of sp³-hybridized carbons (Fsp3) is 0.400. The third kappa shape index (κ3) is 2.72. The summed E-state index contributed by atoms with van der Waals surface area (Å²) in [5, 5.41) is 8.44. The lowest BCUT2D eigenvalue weighted by Gasteiger charge is -2.33. The molecular formula is C15H18N4. The van der Waals surface area contributed by atoms with Gasteiger partial charge in [-0.05, 0) is 49.6 Å². The van der Waals surface area contributed by atoms with Gasteiger partial charge in [0.05, 0.1) is 5.69 Å². The van der Waals surface area contributed by atoms with E-state index in [1.807, 2.05) is 25.4 Å². The number of anilines is 1. The van der Waals surface area contributed by atoms with Crippen molar-refractivity contribution in [1.82, 2.24) is 15.2 Å². The van der Waals surface area contributed by atoms with E-state index < -0.39 is 0 Å². The van der Waals surface area contributed by atoms with Crippen LogP contribution in [0, 0.1) is 6.92 Å². The topological polar surface area (TPSA) is 41.9 Å². The molecule has 0 aliphatic carbocycles. The summed E-state index contributed by atoms with van der Waals surface area (Å²) in [5.41, 5.74) is 2.34. The van der Waals surface area contributed by atoms with Crippen molar-refractivity contribution < 1.29 is 0 Å².